The van der Waals surface area contributed by atoms with Gasteiger partial charge in [0.2, 0.25) is 0 Å². The molecule has 1 aliphatic rings. The molecule has 0 saturated carbocycles. The number of para-hydroxylation sites is 1. The molecule has 1 saturated heterocycles. The first-order chi connectivity index (χ1) is 9.00. The van der Waals surface area contributed by atoms with E-state index < -0.39 is 23.9 Å². The predicted molar refractivity (Wildman–Crippen MR) is 67.5 cm³/mol. The van der Waals surface area contributed by atoms with Crippen LogP contribution in [0.3, 0.4) is 0 Å². The number of aliphatic carboxylic acids is 1. The normalized spacial score (nSPS) is 18.4. The van der Waals surface area contributed by atoms with Gasteiger partial charge in [-0.05, 0) is 31.4 Å². The highest BCUT2D eigenvalue weighted by molar-refractivity contribution is 5.93. The summed E-state index contributed by atoms with van der Waals surface area (Å²) in [7, 11) is 0. The van der Waals surface area contributed by atoms with Crippen LogP contribution < -0.4 is 5.32 Å². The van der Waals surface area contributed by atoms with E-state index >= 15 is 0 Å². The Morgan fingerprint density at radius 2 is 2.21 bits per heavy atom. The molecule has 1 atom stereocenters. The van der Waals surface area contributed by atoms with Crippen molar-refractivity contribution in [1.29, 1.82) is 0 Å². The first-order valence-electron chi connectivity index (χ1n) is 6.06. The van der Waals surface area contributed by atoms with Gasteiger partial charge in [0.1, 0.15) is 11.9 Å². The van der Waals surface area contributed by atoms with Gasteiger partial charge in [0.15, 0.2) is 0 Å². The number of carbonyl (C=O) groups excluding carboxylic acids is 1. The third kappa shape index (κ3) is 2.67. The predicted octanol–water partition coefficient (Wildman–Crippen LogP) is 2.22. The zero-order valence-corrected chi connectivity index (χ0v) is 10.5. The smallest absolute Gasteiger partial charge is 0.326 e. The van der Waals surface area contributed by atoms with Crippen LogP contribution in [0.4, 0.5) is 14.9 Å². The summed E-state index contributed by atoms with van der Waals surface area (Å²) in [5.41, 5.74) is 0.697. The minimum absolute atomic E-state index is 0.100. The van der Waals surface area contributed by atoms with E-state index in [4.69, 9.17) is 5.11 Å². The maximum Gasteiger partial charge on any atom is 0.326 e. The first-order valence-corrected chi connectivity index (χ1v) is 6.06. The molecule has 0 bridgehead atoms. The fourth-order valence-electron chi connectivity index (χ4n) is 2.24. The van der Waals surface area contributed by atoms with Gasteiger partial charge in [-0.25, -0.2) is 14.0 Å². The van der Waals surface area contributed by atoms with Gasteiger partial charge >= 0.3 is 12.0 Å². The Labute approximate surface area is 110 Å². The molecule has 1 aromatic rings. The molecule has 0 unspecified atom stereocenters. The van der Waals surface area contributed by atoms with Crippen molar-refractivity contribution < 1.29 is 19.1 Å². The largest absolute Gasteiger partial charge is 0.480 e. The topological polar surface area (TPSA) is 69.6 Å². The average molecular weight is 266 g/mol. The van der Waals surface area contributed by atoms with Crippen LogP contribution in [0.1, 0.15) is 18.4 Å². The lowest BCUT2D eigenvalue weighted by Gasteiger charge is -2.22. The van der Waals surface area contributed by atoms with E-state index in [1.807, 2.05) is 0 Å². The molecule has 1 heterocycles. The van der Waals surface area contributed by atoms with E-state index in [0.717, 1.165) is 0 Å². The third-order valence-electron chi connectivity index (χ3n) is 3.25. The van der Waals surface area contributed by atoms with Crippen LogP contribution in [0.25, 0.3) is 0 Å². The van der Waals surface area contributed by atoms with Crippen molar-refractivity contribution in [3.05, 3.63) is 29.6 Å². The Balaban J connectivity index is 2.15. The number of anilines is 1. The van der Waals surface area contributed by atoms with Crippen molar-refractivity contribution in [2.45, 2.75) is 25.8 Å². The Bertz CT molecular complexity index is 498. The van der Waals surface area contributed by atoms with Gasteiger partial charge in [-0.3, -0.25) is 0 Å². The van der Waals surface area contributed by atoms with Gasteiger partial charge in [-0.1, -0.05) is 12.1 Å². The van der Waals surface area contributed by atoms with Gasteiger partial charge in [-0.15, -0.1) is 0 Å². The van der Waals surface area contributed by atoms with Gasteiger partial charge < -0.3 is 15.3 Å². The molecule has 5 nitrogen and oxygen atoms in total. The number of carbonyl (C=O) groups is 2. The highest BCUT2D eigenvalue weighted by Gasteiger charge is 2.34. The van der Waals surface area contributed by atoms with Gasteiger partial charge in [-0.2, -0.15) is 0 Å². The number of aryl methyl sites for hydroxylation is 1. The zero-order valence-electron chi connectivity index (χ0n) is 10.5. The highest BCUT2D eigenvalue weighted by Crippen LogP contribution is 2.22. The lowest BCUT2D eigenvalue weighted by Crippen LogP contribution is -2.43. The average Bonchev–Trinajstić information content (AvgIpc) is 2.83. The van der Waals surface area contributed by atoms with Crippen LogP contribution in [0.15, 0.2) is 18.2 Å². The highest BCUT2D eigenvalue weighted by atomic mass is 19.1. The molecule has 2 amide bonds. The second-order valence-corrected chi connectivity index (χ2v) is 4.55. The minimum Gasteiger partial charge on any atom is -0.480 e. The number of nitrogens with zero attached hydrogens (tertiary/aromatic N) is 1. The molecule has 0 radical (unpaired) electrons. The maximum absolute atomic E-state index is 13.6. The quantitative estimate of drug-likeness (QED) is 0.862. The van der Waals surface area contributed by atoms with Gasteiger partial charge in [0.05, 0.1) is 5.69 Å². The molecular formula is C13H15FN2O3. The molecule has 0 aromatic heterocycles. The molecule has 1 fully saturated rings. The summed E-state index contributed by atoms with van der Waals surface area (Å²) < 4.78 is 13.6. The first kappa shape index (κ1) is 13.3. The summed E-state index contributed by atoms with van der Waals surface area (Å²) in [6.45, 7) is 2.05. The molecular weight excluding hydrogens is 251 g/mol. The van der Waals surface area contributed by atoms with Crippen molar-refractivity contribution in [1.82, 2.24) is 4.90 Å². The maximum atomic E-state index is 13.6. The van der Waals surface area contributed by atoms with Gasteiger partial charge in [0.25, 0.3) is 0 Å². The molecule has 102 valence electrons. The van der Waals surface area contributed by atoms with Crippen LogP contribution in [-0.2, 0) is 4.79 Å². The summed E-state index contributed by atoms with van der Waals surface area (Å²) in [5.74, 6) is -1.56. The summed E-state index contributed by atoms with van der Waals surface area (Å²) in [6.07, 6.45) is 1.07. The Kier molecular flexibility index (Phi) is 3.69. The molecule has 0 aliphatic carbocycles. The number of rotatable bonds is 2. The van der Waals surface area contributed by atoms with Gasteiger partial charge in [0, 0.05) is 6.54 Å². The number of hydrogen-bond acceptors (Lipinski definition) is 2. The summed E-state index contributed by atoms with van der Waals surface area (Å²) in [6, 6.07) is 3.08. The molecule has 2 N–H and O–H groups in total. The zero-order chi connectivity index (χ0) is 14.0. The third-order valence-corrected chi connectivity index (χ3v) is 3.25. The molecule has 1 aromatic carbocycles. The molecule has 19 heavy (non-hydrogen) atoms. The second-order valence-electron chi connectivity index (χ2n) is 4.55. The summed E-state index contributed by atoms with van der Waals surface area (Å²) in [5, 5.41) is 11.5. The number of halogens is 1. The van der Waals surface area contributed by atoms with E-state index in [9.17, 15) is 14.0 Å². The van der Waals surface area contributed by atoms with Crippen molar-refractivity contribution in [2.24, 2.45) is 0 Å². The number of carboxylic acid groups (broad SMARTS) is 1. The van der Waals surface area contributed by atoms with Crippen LogP contribution in [0.2, 0.25) is 0 Å². The van der Waals surface area contributed by atoms with E-state index in [1.54, 1.807) is 19.1 Å². The van der Waals surface area contributed by atoms with Crippen molar-refractivity contribution in [3.63, 3.8) is 0 Å². The fourth-order valence-corrected chi connectivity index (χ4v) is 2.24. The Morgan fingerprint density at radius 1 is 1.47 bits per heavy atom. The lowest BCUT2D eigenvalue weighted by molar-refractivity contribution is -0.141. The number of carboxylic acids is 1. The number of likely N-dealkylation sites (tertiary alicyclic amines) is 1. The second kappa shape index (κ2) is 5.26. The Hall–Kier alpha value is -2.11. The van der Waals surface area contributed by atoms with Crippen molar-refractivity contribution in [2.75, 3.05) is 11.9 Å². The SMILES string of the molecule is Cc1cccc(F)c1NC(=O)N1CCC[C@@H]1C(=O)O. The van der Waals surface area contributed by atoms with Crippen molar-refractivity contribution >= 4 is 17.7 Å². The lowest BCUT2D eigenvalue weighted by atomic mass is 10.2. The molecule has 6 heteroatoms. The Morgan fingerprint density at radius 3 is 2.84 bits per heavy atom. The molecule has 0 spiro atoms. The standard InChI is InChI=1S/C13H15FN2O3/c1-8-4-2-5-9(14)11(8)15-13(19)16-7-3-6-10(16)12(17)18/h2,4-5,10H,3,6-7H2,1H3,(H,15,19)(H,17,18)/t10-/m1/s1. The fraction of sp³-hybridized carbons (Fsp3) is 0.385. The number of hydrogen-bond donors (Lipinski definition) is 2. The number of urea groups is 1. The van der Waals surface area contributed by atoms with Crippen molar-refractivity contribution in [3.8, 4) is 0 Å². The molecule has 1 aliphatic heterocycles. The number of amides is 2. The van der Waals surface area contributed by atoms with E-state index in [0.29, 0.717) is 24.9 Å². The molecule has 2 rings (SSSR count). The van der Waals surface area contributed by atoms with Crippen LogP contribution in [-0.4, -0.2) is 34.6 Å². The summed E-state index contributed by atoms with van der Waals surface area (Å²) >= 11 is 0. The van der Waals surface area contributed by atoms with E-state index in [1.165, 1.54) is 11.0 Å². The minimum atomic E-state index is -1.03. The van der Waals surface area contributed by atoms with Crippen LogP contribution >= 0.6 is 0 Å². The monoisotopic (exact) mass is 266 g/mol. The van der Waals surface area contributed by atoms with E-state index in [-0.39, 0.29) is 5.69 Å². The van der Waals surface area contributed by atoms with E-state index in [2.05, 4.69) is 5.32 Å². The van der Waals surface area contributed by atoms with Crippen LogP contribution in [0, 0.1) is 12.7 Å². The number of nitrogens with one attached hydrogen (secondary N) is 1. The summed E-state index contributed by atoms with van der Waals surface area (Å²) in [4.78, 5) is 24.3. The van der Waals surface area contributed by atoms with Crippen LogP contribution in [0.5, 0.6) is 0 Å². The number of benzene rings is 1.